The Bertz CT molecular complexity index is 840. The number of nitrogens with one attached hydrogen (secondary N) is 2. The molecular weight excluding hydrogens is 342 g/mol. The molecule has 0 unspecified atom stereocenters. The molecule has 1 saturated heterocycles. The van der Waals surface area contributed by atoms with Crippen molar-refractivity contribution in [2.24, 2.45) is 0 Å². The molecule has 0 aliphatic carbocycles. The molecule has 1 aliphatic heterocycles. The summed E-state index contributed by atoms with van der Waals surface area (Å²) in [5.74, 6) is -0.896. The van der Waals surface area contributed by atoms with Crippen LogP contribution in [-0.2, 0) is 9.59 Å². The number of anilines is 3. The lowest BCUT2D eigenvalue weighted by molar-refractivity contribution is -0.123. The third-order valence-corrected chi connectivity index (χ3v) is 4.50. The second-order valence-electron chi connectivity index (χ2n) is 6.65. The van der Waals surface area contributed by atoms with Crippen molar-refractivity contribution in [3.05, 3.63) is 54.1 Å². The van der Waals surface area contributed by atoms with Crippen LogP contribution in [0.2, 0.25) is 0 Å². The summed E-state index contributed by atoms with van der Waals surface area (Å²) in [5.41, 5.74) is 2.81. The Morgan fingerprint density at radius 1 is 0.889 bits per heavy atom. The quantitative estimate of drug-likeness (QED) is 0.607. The van der Waals surface area contributed by atoms with Crippen molar-refractivity contribution in [1.29, 1.82) is 0 Å². The number of benzene rings is 2. The topological polar surface area (TPSA) is 78.5 Å². The van der Waals surface area contributed by atoms with E-state index in [1.807, 2.05) is 24.3 Å². The van der Waals surface area contributed by atoms with Crippen LogP contribution in [-0.4, -0.2) is 30.7 Å². The van der Waals surface area contributed by atoms with E-state index in [1.165, 1.54) is 19.8 Å². The molecule has 1 aliphatic rings. The summed E-state index contributed by atoms with van der Waals surface area (Å²) in [6.45, 7) is 3.59. The van der Waals surface area contributed by atoms with Gasteiger partial charge in [0, 0.05) is 35.7 Å². The molecule has 0 bridgehead atoms. The summed E-state index contributed by atoms with van der Waals surface area (Å²) < 4.78 is 0. The average molecular weight is 365 g/mol. The van der Waals surface area contributed by atoms with E-state index in [0.717, 1.165) is 18.8 Å². The van der Waals surface area contributed by atoms with E-state index in [4.69, 9.17) is 0 Å². The number of nitrogens with zero attached hydrogens (tertiary/aromatic N) is 1. The number of carbonyl (C=O) groups is 3. The van der Waals surface area contributed by atoms with Crippen LogP contribution >= 0.6 is 0 Å². The molecule has 0 saturated carbocycles. The molecule has 2 aromatic rings. The fourth-order valence-electron chi connectivity index (χ4n) is 3.10. The van der Waals surface area contributed by atoms with Crippen LogP contribution in [0.1, 0.15) is 36.5 Å². The summed E-state index contributed by atoms with van der Waals surface area (Å²) in [5, 5.41) is 5.38. The molecule has 2 aromatic carbocycles. The van der Waals surface area contributed by atoms with Gasteiger partial charge >= 0.3 is 0 Å². The Hall–Kier alpha value is -3.15. The Labute approximate surface area is 158 Å². The van der Waals surface area contributed by atoms with E-state index in [1.54, 1.807) is 24.3 Å². The first-order valence-electron chi connectivity index (χ1n) is 9.07. The molecule has 6 nitrogen and oxygen atoms in total. The maximum Gasteiger partial charge on any atom is 0.233 e. The molecule has 0 radical (unpaired) electrons. The molecule has 6 heteroatoms. The number of rotatable bonds is 6. The van der Waals surface area contributed by atoms with E-state index in [-0.39, 0.29) is 18.1 Å². The number of ketones is 1. The highest BCUT2D eigenvalue weighted by atomic mass is 16.2. The molecule has 140 valence electrons. The average Bonchev–Trinajstić information content (AvgIpc) is 3.17. The molecule has 0 spiro atoms. The lowest BCUT2D eigenvalue weighted by atomic mass is 10.1. The van der Waals surface area contributed by atoms with Crippen LogP contribution in [0.5, 0.6) is 0 Å². The third kappa shape index (κ3) is 5.17. The molecule has 1 heterocycles. The van der Waals surface area contributed by atoms with E-state index >= 15 is 0 Å². The van der Waals surface area contributed by atoms with Crippen molar-refractivity contribution in [2.75, 3.05) is 28.6 Å². The van der Waals surface area contributed by atoms with Gasteiger partial charge in [-0.2, -0.15) is 0 Å². The minimum atomic E-state index is -0.429. The van der Waals surface area contributed by atoms with Gasteiger partial charge < -0.3 is 15.5 Å². The minimum absolute atomic E-state index is 0.0822. The van der Waals surface area contributed by atoms with Crippen LogP contribution in [0.3, 0.4) is 0 Å². The van der Waals surface area contributed by atoms with Crippen molar-refractivity contribution in [3.8, 4) is 0 Å². The zero-order valence-corrected chi connectivity index (χ0v) is 15.3. The number of hydrogen-bond acceptors (Lipinski definition) is 4. The molecule has 0 aromatic heterocycles. The van der Waals surface area contributed by atoms with E-state index in [9.17, 15) is 14.4 Å². The molecule has 2 N–H and O–H groups in total. The van der Waals surface area contributed by atoms with Gasteiger partial charge in [-0.1, -0.05) is 12.1 Å². The number of carbonyl (C=O) groups excluding carboxylic acids is 3. The Morgan fingerprint density at radius 3 is 2.15 bits per heavy atom. The first kappa shape index (κ1) is 18.6. The maximum absolute atomic E-state index is 12.1. The first-order valence-corrected chi connectivity index (χ1v) is 9.07. The largest absolute Gasteiger partial charge is 0.372 e. The summed E-state index contributed by atoms with van der Waals surface area (Å²) >= 11 is 0. The fourth-order valence-corrected chi connectivity index (χ4v) is 3.10. The minimum Gasteiger partial charge on any atom is -0.372 e. The van der Waals surface area contributed by atoms with Gasteiger partial charge in [-0.05, 0) is 56.2 Å². The van der Waals surface area contributed by atoms with Gasteiger partial charge in [-0.15, -0.1) is 0 Å². The van der Waals surface area contributed by atoms with Crippen molar-refractivity contribution in [3.63, 3.8) is 0 Å². The van der Waals surface area contributed by atoms with Crippen molar-refractivity contribution in [2.45, 2.75) is 26.2 Å². The highest BCUT2D eigenvalue weighted by molar-refractivity contribution is 6.08. The molecule has 0 atom stereocenters. The van der Waals surface area contributed by atoms with E-state index in [0.29, 0.717) is 16.9 Å². The lowest BCUT2D eigenvalue weighted by Gasteiger charge is -2.17. The van der Waals surface area contributed by atoms with E-state index in [2.05, 4.69) is 15.5 Å². The van der Waals surface area contributed by atoms with Gasteiger partial charge in [-0.3, -0.25) is 14.4 Å². The Balaban J connectivity index is 1.51. The third-order valence-electron chi connectivity index (χ3n) is 4.50. The van der Waals surface area contributed by atoms with E-state index < -0.39 is 5.91 Å². The van der Waals surface area contributed by atoms with Crippen molar-refractivity contribution in [1.82, 2.24) is 0 Å². The number of amides is 2. The van der Waals surface area contributed by atoms with Crippen molar-refractivity contribution >= 4 is 34.7 Å². The predicted molar refractivity (Wildman–Crippen MR) is 106 cm³/mol. The predicted octanol–water partition coefficient (Wildman–Crippen LogP) is 3.46. The van der Waals surface area contributed by atoms with Gasteiger partial charge in [0.05, 0.1) is 0 Å². The fraction of sp³-hybridized carbons (Fsp3) is 0.286. The molecule has 2 amide bonds. The molecule has 27 heavy (non-hydrogen) atoms. The van der Waals surface area contributed by atoms with Gasteiger partial charge in [0.1, 0.15) is 6.42 Å². The van der Waals surface area contributed by atoms with Gasteiger partial charge in [0.25, 0.3) is 0 Å². The SMILES string of the molecule is CC(=O)c1cccc(NC(=O)CC(=O)Nc2ccc(N3CCCC3)cc2)c1. The van der Waals surface area contributed by atoms with Crippen LogP contribution in [0.4, 0.5) is 17.1 Å². The highest BCUT2D eigenvalue weighted by Gasteiger charge is 2.13. The zero-order chi connectivity index (χ0) is 19.2. The first-order chi connectivity index (χ1) is 13.0. The normalized spacial score (nSPS) is 13.3. The highest BCUT2D eigenvalue weighted by Crippen LogP contribution is 2.22. The molecular formula is C21H23N3O3. The second-order valence-corrected chi connectivity index (χ2v) is 6.65. The Morgan fingerprint density at radius 2 is 1.52 bits per heavy atom. The number of Topliss-reactive ketones (excluding diaryl/α,β-unsaturated/α-hetero) is 1. The second kappa shape index (κ2) is 8.49. The summed E-state index contributed by atoms with van der Waals surface area (Å²) in [6, 6.07) is 14.3. The van der Waals surface area contributed by atoms with Crippen LogP contribution in [0, 0.1) is 0 Å². The van der Waals surface area contributed by atoms with Crippen LogP contribution in [0.15, 0.2) is 48.5 Å². The van der Waals surface area contributed by atoms with Gasteiger partial charge in [0.15, 0.2) is 5.78 Å². The van der Waals surface area contributed by atoms with Gasteiger partial charge in [-0.25, -0.2) is 0 Å². The lowest BCUT2D eigenvalue weighted by Crippen LogP contribution is -2.21. The standard InChI is InChI=1S/C21H23N3O3/c1-15(25)16-5-4-6-18(13-16)23-21(27)14-20(26)22-17-7-9-19(10-8-17)24-11-2-3-12-24/h4-10,13H,2-3,11-12,14H2,1H3,(H,22,26)(H,23,27). The zero-order valence-electron chi connectivity index (χ0n) is 15.3. The smallest absolute Gasteiger partial charge is 0.233 e. The van der Waals surface area contributed by atoms with Crippen LogP contribution in [0.25, 0.3) is 0 Å². The number of hydrogen-bond donors (Lipinski definition) is 2. The monoisotopic (exact) mass is 365 g/mol. The molecule has 1 fully saturated rings. The Kier molecular flexibility index (Phi) is 5.86. The van der Waals surface area contributed by atoms with Gasteiger partial charge in [0.2, 0.25) is 11.8 Å². The molecule has 3 rings (SSSR count). The summed E-state index contributed by atoms with van der Waals surface area (Å²) in [7, 11) is 0. The summed E-state index contributed by atoms with van der Waals surface area (Å²) in [4.78, 5) is 37.9. The summed E-state index contributed by atoms with van der Waals surface area (Å²) in [6.07, 6.45) is 2.13. The van der Waals surface area contributed by atoms with Crippen molar-refractivity contribution < 1.29 is 14.4 Å². The maximum atomic E-state index is 12.1. The van der Waals surface area contributed by atoms with Crippen LogP contribution < -0.4 is 15.5 Å².